The predicted octanol–water partition coefficient (Wildman–Crippen LogP) is 4.65. The van der Waals surface area contributed by atoms with E-state index in [4.69, 9.17) is 18.9 Å². The fourth-order valence-electron chi connectivity index (χ4n) is 3.78. The minimum atomic E-state index is -2.07. The highest BCUT2D eigenvalue weighted by Gasteiger charge is 2.68. The summed E-state index contributed by atoms with van der Waals surface area (Å²) < 4.78 is 25.9. The van der Waals surface area contributed by atoms with Gasteiger partial charge in [-0.25, -0.2) is 0 Å². The van der Waals surface area contributed by atoms with Gasteiger partial charge in [0.05, 0.1) is 29.8 Å². The van der Waals surface area contributed by atoms with Crippen molar-refractivity contribution in [3.63, 3.8) is 0 Å². The molecule has 0 aliphatic heterocycles. The summed E-state index contributed by atoms with van der Waals surface area (Å²) in [6.45, 7) is 24.2. The molecule has 0 bridgehead atoms. The molecule has 176 valence electrons. The van der Waals surface area contributed by atoms with Crippen LogP contribution in [0.1, 0.15) is 96.4 Å². The van der Waals surface area contributed by atoms with Gasteiger partial charge in [-0.15, -0.1) is 0 Å². The van der Waals surface area contributed by atoms with Crippen LogP contribution in [0, 0.1) is 5.41 Å². The van der Waals surface area contributed by atoms with Crippen LogP contribution in [0.5, 0.6) is 0 Å². The molecule has 0 heterocycles. The Morgan fingerprint density at radius 2 is 1.03 bits per heavy atom. The van der Waals surface area contributed by atoms with Gasteiger partial charge < -0.3 is 29.2 Å². The third-order valence-electron chi connectivity index (χ3n) is 5.57. The maximum atomic E-state index is 10.8. The van der Waals surface area contributed by atoms with Gasteiger partial charge in [-0.1, -0.05) is 20.8 Å². The molecule has 29 heavy (non-hydrogen) atoms. The Labute approximate surface area is 179 Å². The smallest absolute Gasteiger partial charge is 0.225 e. The van der Waals surface area contributed by atoms with Gasteiger partial charge in [0.25, 0.3) is 0 Å². The summed E-state index contributed by atoms with van der Waals surface area (Å²) in [6, 6.07) is 0. The standard InChI is InChI=1S/C23H48O6/c1-14-19(26-15(2)3)23(28-17(6)7,29-18(8)9)21(12,27-16(4)5)20(10,11)22(13,24)25/h15-19,24-25H,14H2,1-13H3. The molecule has 0 aromatic heterocycles. The van der Waals surface area contributed by atoms with E-state index in [0.717, 1.165) is 0 Å². The molecule has 0 aromatic rings. The zero-order valence-electron chi connectivity index (χ0n) is 21.1. The summed E-state index contributed by atoms with van der Waals surface area (Å²) in [5, 5.41) is 21.6. The molecule has 0 saturated heterocycles. The van der Waals surface area contributed by atoms with E-state index in [1.807, 2.05) is 69.2 Å². The first-order valence-corrected chi connectivity index (χ1v) is 11.0. The van der Waals surface area contributed by atoms with Crippen LogP contribution >= 0.6 is 0 Å². The van der Waals surface area contributed by atoms with Crippen molar-refractivity contribution in [2.24, 2.45) is 5.41 Å². The molecule has 0 spiro atoms. The Morgan fingerprint density at radius 1 is 0.655 bits per heavy atom. The van der Waals surface area contributed by atoms with Crippen LogP contribution in [0.3, 0.4) is 0 Å². The van der Waals surface area contributed by atoms with Gasteiger partial charge in [0.2, 0.25) is 5.79 Å². The van der Waals surface area contributed by atoms with Crippen LogP contribution in [0.2, 0.25) is 0 Å². The summed E-state index contributed by atoms with van der Waals surface area (Å²) >= 11 is 0. The van der Waals surface area contributed by atoms with Crippen molar-refractivity contribution in [3.8, 4) is 0 Å². The van der Waals surface area contributed by atoms with Crippen molar-refractivity contribution in [2.45, 2.75) is 144 Å². The van der Waals surface area contributed by atoms with Crippen molar-refractivity contribution in [1.29, 1.82) is 0 Å². The van der Waals surface area contributed by atoms with E-state index in [0.29, 0.717) is 6.42 Å². The van der Waals surface area contributed by atoms with Crippen molar-refractivity contribution in [2.75, 3.05) is 0 Å². The first-order chi connectivity index (χ1) is 12.9. The lowest BCUT2D eigenvalue weighted by atomic mass is 9.64. The van der Waals surface area contributed by atoms with E-state index in [1.165, 1.54) is 6.92 Å². The number of rotatable bonds is 13. The molecule has 2 N–H and O–H groups in total. The van der Waals surface area contributed by atoms with E-state index in [-0.39, 0.29) is 24.4 Å². The van der Waals surface area contributed by atoms with Gasteiger partial charge in [0, 0.05) is 0 Å². The predicted molar refractivity (Wildman–Crippen MR) is 117 cm³/mol. The quantitative estimate of drug-likeness (QED) is 0.422. The lowest BCUT2D eigenvalue weighted by molar-refractivity contribution is -0.431. The molecule has 2 unspecified atom stereocenters. The van der Waals surface area contributed by atoms with Gasteiger partial charge in [0.15, 0.2) is 5.79 Å². The summed E-state index contributed by atoms with van der Waals surface area (Å²) in [6.07, 6.45) is -0.631. The molecular formula is C23H48O6. The second-order valence-electron chi connectivity index (χ2n) is 9.93. The van der Waals surface area contributed by atoms with Gasteiger partial charge >= 0.3 is 0 Å². The average molecular weight is 421 g/mol. The fraction of sp³-hybridized carbons (Fsp3) is 1.00. The first kappa shape index (κ1) is 28.8. The van der Waals surface area contributed by atoms with Gasteiger partial charge in [-0.2, -0.15) is 0 Å². The summed E-state index contributed by atoms with van der Waals surface area (Å²) in [7, 11) is 0. The van der Waals surface area contributed by atoms with Crippen molar-refractivity contribution in [3.05, 3.63) is 0 Å². The minimum absolute atomic E-state index is 0.0769. The zero-order valence-corrected chi connectivity index (χ0v) is 21.1. The third kappa shape index (κ3) is 6.37. The maximum absolute atomic E-state index is 10.8. The van der Waals surface area contributed by atoms with Gasteiger partial charge in [-0.05, 0) is 75.7 Å². The lowest BCUT2D eigenvalue weighted by Gasteiger charge is -2.60. The summed E-state index contributed by atoms with van der Waals surface area (Å²) in [4.78, 5) is 0. The van der Waals surface area contributed by atoms with Crippen LogP contribution in [0.4, 0.5) is 0 Å². The number of hydrogen-bond acceptors (Lipinski definition) is 6. The van der Waals surface area contributed by atoms with Crippen LogP contribution < -0.4 is 0 Å². The van der Waals surface area contributed by atoms with E-state index in [2.05, 4.69) is 0 Å². The fourth-order valence-corrected chi connectivity index (χ4v) is 3.78. The molecule has 0 fully saturated rings. The molecular weight excluding hydrogens is 372 g/mol. The van der Waals surface area contributed by atoms with Crippen LogP contribution in [0.25, 0.3) is 0 Å². The molecule has 6 heteroatoms. The Hall–Kier alpha value is -0.240. The highest BCUT2D eigenvalue weighted by Crippen LogP contribution is 2.53. The summed E-state index contributed by atoms with van der Waals surface area (Å²) in [5.41, 5.74) is -2.47. The second kappa shape index (κ2) is 10.4. The minimum Gasteiger partial charge on any atom is -0.370 e. The Balaban J connectivity index is 7.15. The van der Waals surface area contributed by atoms with Crippen LogP contribution in [0.15, 0.2) is 0 Å². The molecule has 0 amide bonds. The Kier molecular flexibility index (Phi) is 10.3. The molecule has 0 aliphatic carbocycles. The third-order valence-corrected chi connectivity index (χ3v) is 5.57. The maximum Gasteiger partial charge on any atom is 0.225 e. The Bertz CT molecular complexity index is 468. The summed E-state index contributed by atoms with van der Waals surface area (Å²) in [5.74, 6) is -3.46. The number of ether oxygens (including phenoxy) is 4. The number of aliphatic hydroxyl groups is 2. The van der Waals surface area contributed by atoms with E-state index in [9.17, 15) is 10.2 Å². The highest BCUT2D eigenvalue weighted by atomic mass is 16.7. The molecule has 0 radical (unpaired) electrons. The highest BCUT2D eigenvalue weighted by molar-refractivity contribution is 5.11. The van der Waals surface area contributed by atoms with Crippen molar-refractivity contribution in [1.82, 2.24) is 0 Å². The second-order valence-corrected chi connectivity index (χ2v) is 9.93. The van der Waals surface area contributed by atoms with E-state index >= 15 is 0 Å². The van der Waals surface area contributed by atoms with Crippen molar-refractivity contribution >= 4 is 0 Å². The molecule has 0 aliphatic rings. The normalized spacial score (nSPS) is 17.5. The van der Waals surface area contributed by atoms with Gasteiger partial charge in [-0.3, -0.25) is 0 Å². The van der Waals surface area contributed by atoms with E-state index in [1.54, 1.807) is 13.8 Å². The average Bonchev–Trinajstić information content (AvgIpc) is 2.48. The molecule has 0 rings (SSSR count). The van der Waals surface area contributed by atoms with Crippen molar-refractivity contribution < 1.29 is 29.2 Å². The topological polar surface area (TPSA) is 77.4 Å². The van der Waals surface area contributed by atoms with Crippen LogP contribution in [-0.4, -0.2) is 57.9 Å². The lowest BCUT2D eigenvalue weighted by Crippen LogP contribution is -2.75. The molecule has 0 saturated carbocycles. The van der Waals surface area contributed by atoms with E-state index < -0.39 is 28.7 Å². The number of hydrogen-bond donors (Lipinski definition) is 2. The first-order valence-electron chi connectivity index (χ1n) is 11.0. The monoisotopic (exact) mass is 420 g/mol. The largest absolute Gasteiger partial charge is 0.370 e. The SMILES string of the molecule is CCC(OC(C)C)C(OC(C)C)(OC(C)C)C(C)(OC(C)C)C(C)(C)C(C)(O)O. The molecule has 0 aromatic carbocycles. The zero-order chi connectivity index (χ0) is 23.4. The molecule has 2 atom stereocenters. The van der Waals surface area contributed by atoms with Crippen LogP contribution in [-0.2, 0) is 18.9 Å². The van der Waals surface area contributed by atoms with Gasteiger partial charge in [0.1, 0.15) is 11.7 Å². The molecule has 6 nitrogen and oxygen atoms in total. The Morgan fingerprint density at radius 3 is 1.28 bits per heavy atom.